The lowest BCUT2D eigenvalue weighted by molar-refractivity contribution is -0.122. The van der Waals surface area contributed by atoms with Crippen LogP contribution in [-0.2, 0) is 25.5 Å². The van der Waals surface area contributed by atoms with Gasteiger partial charge in [0.05, 0.1) is 23.1 Å². The van der Waals surface area contributed by atoms with Crippen molar-refractivity contribution in [1.82, 2.24) is 0 Å². The van der Waals surface area contributed by atoms with Crippen LogP contribution in [0.2, 0.25) is 0 Å². The van der Waals surface area contributed by atoms with Gasteiger partial charge >= 0.3 is 5.97 Å². The highest BCUT2D eigenvalue weighted by Gasteiger charge is 2.48. The quantitative estimate of drug-likeness (QED) is 0.553. The molecule has 32 heavy (non-hydrogen) atoms. The van der Waals surface area contributed by atoms with E-state index in [4.69, 9.17) is 4.74 Å². The Hall–Kier alpha value is -3.48. The summed E-state index contributed by atoms with van der Waals surface area (Å²) in [6.45, 7) is 1.55. The number of esters is 1. The lowest BCUT2D eigenvalue weighted by Gasteiger charge is -2.19. The van der Waals surface area contributed by atoms with Gasteiger partial charge in [-0.2, -0.15) is 0 Å². The summed E-state index contributed by atoms with van der Waals surface area (Å²) in [5.41, 5.74) is 2.22. The van der Waals surface area contributed by atoms with Gasteiger partial charge in [0.25, 0.3) is 5.91 Å². The first-order chi connectivity index (χ1) is 15.5. The predicted octanol–water partition coefficient (Wildman–Crippen LogP) is 3.72. The molecule has 1 saturated heterocycles. The van der Waals surface area contributed by atoms with Crippen molar-refractivity contribution >= 4 is 35.1 Å². The van der Waals surface area contributed by atoms with Crippen molar-refractivity contribution in [2.24, 2.45) is 11.8 Å². The number of carbonyl (C=O) groups is 4. The normalized spacial score (nSPS) is 20.1. The van der Waals surface area contributed by atoms with Crippen LogP contribution in [0.5, 0.6) is 0 Å². The molecule has 1 aliphatic carbocycles. The maximum atomic E-state index is 12.8. The van der Waals surface area contributed by atoms with Gasteiger partial charge in [-0.1, -0.05) is 44.0 Å². The van der Waals surface area contributed by atoms with E-state index in [0.29, 0.717) is 11.4 Å². The number of anilines is 2. The van der Waals surface area contributed by atoms with Crippen molar-refractivity contribution in [1.29, 1.82) is 0 Å². The van der Waals surface area contributed by atoms with Gasteiger partial charge in [-0.3, -0.25) is 19.3 Å². The zero-order valence-electron chi connectivity index (χ0n) is 18.0. The molecule has 0 spiro atoms. The number of imide groups is 1. The van der Waals surface area contributed by atoms with E-state index in [0.717, 1.165) is 37.7 Å². The molecule has 7 nitrogen and oxygen atoms in total. The fraction of sp³-hybridized carbons (Fsp3) is 0.360. The summed E-state index contributed by atoms with van der Waals surface area (Å²) in [6, 6.07) is 13.7. The fourth-order valence-electron chi connectivity index (χ4n) is 4.54. The first-order valence-corrected chi connectivity index (χ1v) is 11.0. The molecule has 0 bridgehead atoms. The third kappa shape index (κ3) is 4.28. The first kappa shape index (κ1) is 21.7. The Bertz CT molecular complexity index is 1040. The number of amides is 3. The molecular weight excluding hydrogens is 408 g/mol. The molecule has 166 valence electrons. The standard InChI is InChI=1S/C25H26N2O5/c1-2-16-8-3-6-13-21(16)26-22(28)15-32-25(31)17-9-7-10-18(14-17)27-23(29)19-11-4-5-12-20(19)24(27)30/h3,6-10,13-14,19-20H,2,4-5,11-12,15H2,1H3,(H,26,28)/t19-,20-/m0/s1. The van der Waals surface area contributed by atoms with Gasteiger partial charge in [-0.15, -0.1) is 0 Å². The van der Waals surface area contributed by atoms with E-state index in [1.165, 1.54) is 17.0 Å². The minimum Gasteiger partial charge on any atom is -0.452 e. The van der Waals surface area contributed by atoms with E-state index in [1.54, 1.807) is 18.2 Å². The number of aryl methyl sites for hydroxylation is 1. The summed E-state index contributed by atoms with van der Waals surface area (Å²) in [4.78, 5) is 51.6. The second kappa shape index (κ2) is 9.34. The van der Waals surface area contributed by atoms with Gasteiger partial charge in [0.2, 0.25) is 11.8 Å². The minimum atomic E-state index is -0.692. The Kier molecular flexibility index (Phi) is 6.35. The van der Waals surface area contributed by atoms with E-state index < -0.39 is 18.5 Å². The topological polar surface area (TPSA) is 92.8 Å². The fourth-order valence-corrected chi connectivity index (χ4v) is 4.54. The number of fused-ring (bicyclic) bond motifs is 1. The van der Waals surface area contributed by atoms with E-state index in [2.05, 4.69) is 5.32 Å². The van der Waals surface area contributed by atoms with E-state index in [1.807, 2.05) is 25.1 Å². The van der Waals surface area contributed by atoms with Crippen LogP contribution in [0.15, 0.2) is 48.5 Å². The number of nitrogens with one attached hydrogen (secondary N) is 1. The number of ether oxygens (including phenoxy) is 1. The van der Waals surface area contributed by atoms with Crippen molar-refractivity contribution in [2.75, 3.05) is 16.8 Å². The van der Waals surface area contributed by atoms with Crippen molar-refractivity contribution < 1.29 is 23.9 Å². The average Bonchev–Trinajstić information content (AvgIpc) is 3.08. The van der Waals surface area contributed by atoms with Crippen LogP contribution in [0.1, 0.15) is 48.5 Å². The summed E-state index contributed by atoms with van der Waals surface area (Å²) in [5, 5.41) is 2.75. The third-order valence-corrected chi connectivity index (χ3v) is 6.19. The van der Waals surface area contributed by atoms with Crippen LogP contribution in [-0.4, -0.2) is 30.3 Å². The minimum absolute atomic E-state index is 0.180. The number of carbonyl (C=O) groups excluding carboxylic acids is 4. The molecule has 1 saturated carbocycles. The molecule has 3 amide bonds. The molecule has 1 heterocycles. The SMILES string of the molecule is CCc1ccccc1NC(=O)COC(=O)c1cccc(N2C(=O)[C@H]3CCCC[C@@H]3C2=O)c1. The van der Waals surface area contributed by atoms with Gasteiger partial charge in [0.15, 0.2) is 6.61 Å². The van der Waals surface area contributed by atoms with Gasteiger partial charge in [0, 0.05) is 5.69 Å². The number of nitrogens with zero attached hydrogens (tertiary/aromatic N) is 1. The van der Waals surface area contributed by atoms with Crippen molar-refractivity contribution in [3.05, 3.63) is 59.7 Å². The lowest BCUT2D eigenvalue weighted by atomic mass is 9.81. The maximum Gasteiger partial charge on any atom is 0.338 e. The first-order valence-electron chi connectivity index (χ1n) is 11.0. The highest BCUT2D eigenvalue weighted by atomic mass is 16.5. The van der Waals surface area contributed by atoms with Gasteiger partial charge in [0.1, 0.15) is 0 Å². The van der Waals surface area contributed by atoms with Crippen LogP contribution in [0.25, 0.3) is 0 Å². The van der Waals surface area contributed by atoms with E-state index in [9.17, 15) is 19.2 Å². The van der Waals surface area contributed by atoms with Gasteiger partial charge < -0.3 is 10.1 Å². The van der Waals surface area contributed by atoms with Crippen molar-refractivity contribution in [2.45, 2.75) is 39.0 Å². The molecule has 2 fully saturated rings. The Morgan fingerprint density at radius 1 is 1.00 bits per heavy atom. The number of benzene rings is 2. The second-order valence-corrected chi connectivity index (χ2v) is 8.19. The maximum absolute atomic E-state index is 12.8. The molecular formula is C25H26N2O5. The average molecular weight is 434 g/mol. The van der Waals surface area contributed by atoms with Crippen molar-refractivity contribution in [3.8, 4) is 0 Å². The molecule has 1 aliphatic heterocycles. The molecule has 0 unspecified atom stereocenters. The molecule has 1 N–H and O–H groups in total. The van der Waals surface area contributed by atoms with E-state index >= 15 is 0 Å². The zero-order chi connectivity index (χ0) is 22.7. The van der Waals surface area contributed by atoms with Crippen LogP contribution < -0.4 is 10.2 Å². The van der Waals surface area contributed by atoms with Crippen molar-refractivity contribution in [3.63, 3.8) is 0 Å². The number of para-hydroxylation sites is 1. The van der Waals surface area contributed by atoms with Crippen LogP contribution in [0.3, 0.4) is 0 Å². The molecule has 2 atom stereocenters. The molecule has 2 aromatic rings. The number of rotatable bonds is 6. The third-order valence-electron chi connectivity index (χ3n) is 6.19. The molecule has 2 aliphatic rings. The molecule has 7 heteroatoms. The number of hydrogen-bond donors (Lipinski definition) is 1. The number of hydrogen-bond acceptors (Lipinski definition) is 5. The largest absolute Gasteiger partial charge is 0.452 e. The van der Waals surface area contributed by atoms with Crippen LogP contribution >= 0.6 is 0 Å². The second-order valence-electron chi connectivity index (χ2n) is 8.19. The predicted molar refractivity (Wildman–Crippen MR) is 119 cm³/mol. The highest BCUT2D eigenvalue weighted by Crippen LogP contribution is 2.40. The smallest absolute Gasteiger partial charge is 0.338 e. The van der Waals surface area contributed by atoms with Crippen LogP contribution in [0, 0.1) is 11.8 Å². The summed E-state index contributed by atoms with van der Waals surface area (Å²) in [7, 11) is 0. The Labute approximate surface area is 186 Å². The zero-order valence-corrected chi connectivity index (χ0v) is 18.0. The summed E-state index contributed by atoms with van der Waals surface area (Å²) >= 11 is 0. The Morgan fingerprint density at radius 3 is 2.38 bits per heavy atom. The van der Waals surface area contributed by atoms with Crippen LogP contribution in [0.4, 0.5) is 11.4 Å². The van der Waals surface area contributed by atoms with Gasteiger partial charge in [-0.25, -0.2) is 4.79 Å². The molecule has 0 aromatic heterocycles. The monoisotopic (exact) mass is 434 g/mol. The molecule has 2 aromatic carbocycles. The summed E-state index contributed by atoms with van der Waals surface area (Å²) in [6.07, 6.45) is 4.11. The Balaban J connectivity index is 1.41. The lowest BCUT2D eigenvalue weighted by Crippen LogP contribution is -2.31. The Morgan fingerprint density at radius 2 is 1.69 bits per heavy atom. The van der Waals surface area contributed by atoms with E-state index in [-0.39, 0.29) is 29.2 Å². The highest BCUT2D eigenvalue weighted by molar-refractivity contribution is 6.22. The summed E-state index contributed by atoms with van der Waals surface area (Å²) in [5.74, 6) is -2.05. The molecule has 4 rings (SSSR count). The summed E-state index contributed by atoms with van der Waals surface area (Å²) < 4.78 is 5.16. The molecule has 0 radical (unpaired) electrons. The van der Waals surface area contributed by atoms with Gasteiger partial charge in [-0.05, 0) is 49.1 Å².